The summed E-state index contributed by atoms with van der Waals surface area (Å²) < 4.78 is 0. The molecule has 6 nitrogen and oxygen atoms in total. The third-order valence-electron chi connectivity index (χ3n) is 1.19. The van der Waals surface area contributed by atoms with E-state index in [0.29, 0.717) is 0 Å². The number of carbonyl (C=O) groups is 3. The molecule has 0 saturated carbocycles. The molecule has 0 spiro atoms. The maximum atomic E-state index is 10.8. The molecule has 12 heavy (non-hydrogen) atoms. The topological polar surface area (TPSA) is 97.6 Å². The van der Waals surface area contributed by atoms with E-state index in [-0.39, 0.29) is 5.57 Å². The average Bonchev–Trinajstić information content (AvgIpc) is 1.94. The fourth-order valence-electron chi connectivity index (χ4n) is 0.696. The Hall–Kier alpha value is -1.85. The smallest absolute Gasteiger partial charge is 0.348 e. The molecular formula is C6H5N2O4. The summed E-state index contributed by atoms with van der Waals surface area (Å²) in [5.74, 6) is -1.93. The van der Waals surface area contributed by atoms with Crippen LogP contribution in [-0.2, 0) is 9.59 Å². The Balaban J connectivity index is 2.71. The summed E-state index contributed by atoms with van der Waals surface area (Å²) in [4.78, 5) is 31.3. The van der Waals surface area contributed by atoms with Crippen LogP contribution in [0.1, 0.15) is 6.42 Å². The number of carboxylic acids is 1. The molecule has 0 aromatic rings. The fourth-order valence-corrected chi connectivity index (χ4v) is 0.696. The summed E-state index contributed by atoms with van der Waals surface area (Å²) in [7, 11) is 0. The van der Waals surface area contributed by atoms with Crippen LogP contribution >= 0.6 is 0 Å². The fraction of sp³-hybridized carbons (Fsp3) is 0.167. The molecule has 3 amide bonds. The van der Waals surface area contributed by atoms with Crippen molar-refractivity contribution in [1.29, 1.82) is 0 Å². The number of nitrogens with one attached hydrogen (secondary N) is 1. The summed E-state index contributed by atoms with van der Waals surface area (Å²) in [6.07, 6.45) is 0.633. The zero-order valence-corrected chi connectivity index (χ0v) is 5.90. The number of rotatable bonds is 2. The second-order valence-electron chi connectivity index (χ2n) is 2.11. The van der Waals surface area contributed by atoms with Crippen molar-refractivity contribution in [2.24, 2.45) is 0 Å². The number of imide groups is 1. The molecule has 1 aliphatic heterocycles. The van der Waals surface area contributed by atoms with E-state index in [0.717, 1.165) is 6.20 Å². The largest absolute Gasteiger partial charge is 0.481 e. The molecule has 1 rings (SSSR count). The lowest BCUT2D eigenvalue weighted by molar-refractivity contribution is -0.137. The van der Waals surface area contributed by atoms with Crippen LogP contribution in [0, 0.1) is 0 Å². The highest BCUT2D eigenvalue weighted by Gasteiger charge is 2.21. The minimum Gasteiger partial charge on any atom is -0.481 e. The van der Waals surface area contributed by atoms with Gasteiger partial charge >= 0.3 is 12.0 Å². The average molecular weight is 169 g/mol. The minimum absolute atomic E-state index is 0.0258. The molecule has 2 N–H and O–H groups in total. The summed E-state index contributed by atoms with van der Waals surface area (Å²) in [5, 5.41) is 13.4. The molecule has 63 valence electrons. The zero-order valence-electron chi connectivity index (χ0n) is 5.90. The summed E-state index contributed by atoms with van der Waals surface area (Å²) in [5.41, 5.74) is -0.0258. The Morgan fingerprint density at radius 2 is 2.25 bits per heavy atom. The van der Waals surface area contributed by atoms with Gasteiger partial charge in [0.1, 0.15) is 0 Å². The Morgan fingerprint density at radius 1 is 1.58 bits per heavy atom. The van der Waals surface area contributed by atoms with Crippen molar-refractivity contribution < 1.29 is 19.5 Å². The van der Waals surface area contributed by atoms with Crippen molar-refractivity contribution in [3.05, 3.63) is 11.8 Å². The van der Waals surface area contributed by atoms with Gasteiger partial charge in [0.2, 0.25) is 0 Å². The number of hydrogen-bond acceptors (Lipinski definition) is 3. The number of amides is 3. The molecule has 1 heterocycles. The van der Waals surface area contributed by atoms with E-state index in [4.69, 9.17) is 5.11 Å². The van der Waals surface area contributed by atoms with Gasteiger partial charge in [-0.15, -0.1) is 0 Å². The molecular weight excluding hydrogens is 164 g/mol. The molecule has 0 atom stereocenters. The Kier molecular flexibility index (Phi) is 2.09. The second kappa shape index (κ2) is 3.04. The molecule has 0 fully saturated rings. The number of hydrogen-bond donors (Lipinski definition) is 2. The second-order valence-corrected chi connectivity index (χ2v) is 2.11. The first-order chi connectivity index (χ1) is 5.59. The number of carbonyl (C=O) groups excluding carboxylic acids is 2. The highest BCUT2D eigenvalue weighted by atomic mass is 16.4. The first-order valence-corrected chi connectivity index (χ1v) is 3.07. The standard InChI is InChI=1S/C6H5N2O4/c9-4(10)1-3-2-7-6(12)8-5(3)11/h2H,1H2,(H,7,12)(H,9,10). The number of carboxylic acid groups (broad SMARTS) is 1. The highest BCUT2D eigenvalue weighted by Crippen LogP contribution is 2.03. The maximum absolute atomic E-state index is 10.8. The molecule has 0 aromatic carbocycles. The molecule has 0 aromatic heterocycles. The van der Waals surface area contributed by atoms with E-state index >= 15 is 0 Å². The quantitative estimate of drug-likeness (QED) is 0.565. The van der Waals surface area contributed by atoms with Gasteiger partial charge < -0.3 is 10.4 Å². The van der Waals surface area contributed by atoms with Gasteiger partial charge in [0.05, 0.1) is 6.42 Å². The lowest BCUT2D eigenvalue weighted by atomic mass is 10.2. The monoisotopic (exact) mass is 169 g/mol. The number of urea groups is 1. The molecule has 0 aliphatic carbocycles. The lowest BCUT2D eigenvalue weighted by Gasteiger charge is -2.08. The summed E-state index contributed by atoms with van der Waals surface area (Å²) in [6, 6.07) is -0.769. The minimum atomic E-state index is -1.14. The van der Waals surface area contributed by atoms with Crippen LogP contribution < -0.4 is 10.6 Å². The van der Waals surface area contributed by atoms with Crippen molar-refractivity contribution in [3.63, 3.8) is 0 Å². The first-order valence-electron chi connectivity index (χ1n) is 3.07. The van der Waals surface area contributed by atoms with Crippen LogP contribution in [0.3, 0.4) is 0 Å². The highest BCUT2D eigenvalue weighted by molar-refractivity contribution is 6.07. The van der Waals surface area contributed by atoms with Gasteiger partial charge in [0.25, 0.3) is 5.91 Å². The number of nitrogens with zero attached hydrogens (tertiary/aromatic N) is 1. The predicted octanol–water partition coefficient (Wildman–Crippen LogP) is -0.801. The molecule has 0 unspecified atom stereocenters. The SMILES string of the molecule is O=C(O)CC1=CNC(=O)[N]C1=O. The van der Waals surface area contributed by atoms with E-state index in [9.17, 15) is 14.4 Å². The van der Waals surface area contributed by atoms with Gasteiger partial charge in [-0.3, -0.25) is 9.59 Å². The Labute approximate surface area is 67.2 Å². The zero-order chi connectivity index (χ0) is 9.14. The van der Waals surface area contributed by atoms with Gasteiger partial charge in [-0.1, -0.05) is 0 Å². The predicted molar refractivity (Wildman–Crippen MR) is 36.0 cm³/mol. The molecule has 1 aliphatic rings. The van der Waals surface area contributed by atoms with Crippen LogP contribution in [0.5, 0.6) is 0 Å². The van der Waals surface area contributed by atoms with E-state index in [2.05, 4.69) is 10.6 Å². The number of aliphatic carboxylic acids is 1. The van der Waals surface area contributed by atoms with E-state index < -0.39 is 24.3 Å². The van der Waals surface area contributed by atoms with E-state index in [1.165, 1.54) is 0 Å². The van der Waals surface area contributed by atoms with Gasteiger partial charge in [-0.05, 0) is 0 Å². The van der Waals surface area contributed by atoms with Crippen LogP contribution in [-0.4, -0.2) is 23.0 Å². The maximum Gasteiger partial charge on any atom is 0.348 e. The summed E-state index contributed by atoms with van der Waals surface area (Å²) in [6.45, 7) is 0. The van der Waals surface area contributed by atoms with Crippen LogP contribution in [0.2, 0.25) is 0 Å². The van der Waals surface area contributed by atoms with Gasteiger partial charge in [0.15, 0.2) is 0 Å². The Morgan fingerprint density at radius 3 is 2.75 bits per heavy atom. The first kappa shape index (κ1) is 8.25. The third kappa shape index (κ3) is 1.82. The van der Waals surface area contributed by atoms with Gasteiger partial charge in [-0.2, -0.15) is 5.32 Å². The van der Waals surface area contributed by atoms with Crippen molar-refractivity contribution in [3.8, 4) is 0 Å². The Bertz CT molecular complexity index is 281. The van der Waals surface area contributed by atoms with Crippen molar-refractivity contribution in [2.75, 3.05) is 0 Å². The normalized spacial score (nSPS) is 16.2. The van der Waals surface area contributed by atoms with Crippen molar-refractivity contribution in [1.82, 2.24) is 10.6 Å². The van der Waals surface area contributed by atoms with Crippen molar-refractivity contribution in [2.45, 2.75) is 6.42 Å². The van der Waals surface area contributed by atoms with E-state index in [1.54, 1.807) is 0 Å². The molecule has 0 saturated heterocycles. The molecule has 0 bridgehead atoms. The van der Waals surface area contributed by atoms with E-state index in [1.807, 2.05) is 0 Å². The van der Waals surface area contributed by atoms with Crippen LogP contribution in [0.25, 0.3) is 0 Å². The molecule has 1 radical (unpaired) electrons. The lowest BCUT2D eigenvalue weighted by Crippen LogP contribution is -2.37. The summed E-state index contributed by atoms with van der Waals surface area (Å²) >= 11 is 0. The third-order valence-corrected chi connectivity index (χ3v) is 1.19. The molecule has 6 heteroatoms. The van der Waals surface area contributed by atoms with Gasteiger partial charge in [-0.25, -0.2) is 4.79 Å². The van der Waals surface area contributed by atoms with Crippen molar-refractivity contribution >= 4 is 17.9 Å². The van der Waals surface area contributed by atoms with Crippen LogP contribution in [0.4, 0.5) is 4.79 Å². The van der Waals surface area contributed by atoms with Gasteiger partial charge in [0, 0.05) is 11.8 Å². The van der Waals surface area contributed by atoms with Crippen LogP contribution in [0.15, 0.2) is 11.8 Å².